The zero-order valence-electron chi connectivity index (χ0n) is 6.44. The van der Waals surface area contributed by atoms with Crippen molar-refractivity contribution < 1.29 is 9.53 Å². The van der Waals surface area contributed by atoms with E-state index in [-0.39, 0.29) is 11.4 Å². The number of nitrogens with zero attached hydrogens (tertiary/aromatic N) is 2. The summed E-state index contributed by atoms with van der Waals surface area (Å²) in [6.45, 7) is 0. The summed E-state index contributed by atoms with van der Waals surface area (Å²) < 4.78 is 4.78. The van der Waals surface area contributed by atoms with E-state index in [0.717, 1.165) is 0 Å². The van der Waals surface area contributed by atoms with Crippen molar-refractivity contribution in [2.75, 3.05) is 7.11 Å². The Balaban J connectivity index is 3.21. The van der Waals surface area contributed by atoms with Crippen LogP contribution in [0.15, 0.2) is 12.3 Å². The van der Waals surface area contributed by atoms with Gasteiger partial charge in [0.25, 0.3) is 0 Å². The first kappa shape index (κ1) is 8.21. The summed E-state index contributed by atoms with van der Waals surface area (Å²) in [7, 11) is 1.42. The van der Waals surface area contributed by atoms with Crippen molar-refractivity contribution in [3.8, 4) is 11.9 Å². The fourth-order valence-electron chi connectivity index (χ4n) is 0.785. The van der Waals surface area contributed by atoms with E-state index in [9.17, 15) is 4.79 Å². The van der Waals surface area contributed by atoms with Crippen LogP contribution in [0, 0.1) is 11.3 Å². The molecule has 0 aliphatic heterocycles. The lowest BCUT2D eigenvalue weighted by Crippen LogP contribution is -1.94. The molecule has 0 saturated heterocycles. The lowest BCUT2D eigenvalue weighted by atomic mass is 10.2. The molecule has 0 spiro atoms. The molecule has 0 unspecified atom stereocenters. The van der Waals surface area contributed by atoms with Gasteiger partial charge in [0.2, 0.25) is 5.88 Å². The highest BCUT2D eigenvalue weighted by atomic mass is 16.5. The Morgan fingerprint density at radius 3 is 3.00 bits per heavy atom. The summed E-state index contributed by atoms with van der Waals surface area (Å²) in [4.78, 5) is 14.2. The average Bonchev–Trinajstić information content (AvgIpc) is 2.16. The predicted octanol–water partition coefficient (Wildman–Crippen LogP) is 0.774. The third-order valence-corrected chi connectivity index (χ3v) is 1.33. The number of rotatable bonds is 2. The van der Waals surface area contributed by atoms with Crippen LogP contribution in [0.2, 0.25) is 0 Å². The van der Waals surface area contributed by atoms with Crippen LogP contribution in [-0.4, -0.2) is 18.4 Å². The third kappa shape index (κ3) is 1.40. The molecule has 12 heavy (non-hydrogen) atoms. The van der Waals surface area contributed by atoms with Crippen LogP contribution in [0.3, 0.4) is 0 Å². The van der Waals surface area contributed by atoms with Crippen molar-refractivity contribution in [1.29, 1.82) is 5.26 Å². The second-order valence-electron chi connectivity index (χ2n) is 2.05. The van der Waals surface area contributed by atoms with Crippen molar-refractivity contribution in [3.05, 3.63) is 23.4 Å². The van der Waals surface area contributed by atoms with Crippen LogP contribution in [0.25, 0.3) is 0 Å². The van der Waals surface area contributed by atoms with Gasteiger partial charge in [0.1, 0.15) is 6.07 Å². The van der Waals surface area contributed by atoms with Gasteiger partial charge < -0.3 is 4.74 Å². The Morgan fingerprint density at radius 2 is 2.50 bits per heavy atom. The fourth-order valence-corrected chi connectivity index (χ4v) is 0.785. The maximum atomic E-state index is 10.4. The number of methoxy groups -OCH3 is 1. The number of aldehydes is 1. The number of aromatic nitrogens is 1. The molecule has 4 nitrogen and oxygen atoms in total. The van der Waals surface area contributed by atoms with Crippen LogP contribution in [0.1, 0.15) is 15.9 Å². The summed E-state index contributed by atoms with van der Waals surface area (Å²) >= 11 is 0. The van der Waals surface area contributed by atoms with Gasteiger partial charge >= 0.3 is 0 Å². The maximum Gasteiger partial charge on any atom is 0.223 e. The quantitative estimate of drug-likeness (QED) is 0.602. The Hall–Kier alpha value is -1.89. The molecule has 0 fully saturated rings. The van der Waals surface area contributed by atoms with Gasteiger partial charge in [-0.1, -0.05) is 0 Å². The van der Waals surface area contributed by atoms with E-state index in [1.165, 1.54) is 19.4 Å². The molecule has 1 heterocycles. The minimum atomic E-state index is 0.240. The molecule has 0 amide bonds. The molecular formula is C8H6N2O2. The van der Waals surface area contributed by atoms with Gasteiger partial charge in [-0.2, -0.15) is 5.26 Å². The molecule has 0 aliphatic rings. The Kier molecular flexibility index (Phi) is 2.38. The lowest BCUT2D eigenvalue weighted by Gasteiger charge is -2.00. The number of carbonyl (C=O) groups is 1. The van der Waals surface area contributed by atoms with Gasteiger partial charge in [-0.25, -0.2) is 4.98 Å². The normalized spacial score (nSPS) is 8.67. The Bertz CT molecular complexity index is 341. The van der Waals surface area contributed by atoms with E-state index in [4.69, 9.17) is 10.00 Å². The second kappa shape index (κ2) is 3.49. The van der Waals surface area contributed by atoms with E-state index >= 15 is 0 Å². The summed E-state index contributed by atoms with van der Waals surface area (Å²) in [5, 5.41) is 8.47. The molecule has 1 rings (SSSR count). The number of hydrogen-bond donors (Lipinski definition) is 0. The summed E-state index contributed by atoms with van der Waals surface area (Å²) in [6.07, 6.45) is 1.96. The number of ether oxygens (including phenoxy) is 1. The van der Waals surface area contributed by atoms with Gasteiger partial charge in [0.05, 0.1) is 18.2 Å². The van der Waals surface area contributed by atoms with Gasteiger partial charge in [0, 0.05) is 6.20 Å². The van der Waals surface area contributed by atoms with Crippen LogP contribution >= 0.6 is 0 Å². The minimum Gasteiger partial charge on any atom is -0.480 e. The van der Waals surface area contributed by atoms with Gasteiger partial charge in [-0.05, 0) is 6.07 Å². The highest BCUT2D eigenvalue weighted by Gasteiger charge is 2.03. The number of carbonyl (C=O) groups excluding carboxylic acids is 1. The maximum absolute atomic E-state index is 10.4. The molecule has 0 saturated carbocycles. The number of hydrogen-bond acceptors (Lipinski definition) is 4. The SMILES string of the molecule is COc1ncc(C#N)cc1C=O. The van der Waals surface area contributed by atoms with Gasteiger partial charge in [-0.15, -0.1) is 0 Å². The molecule has 1 aromatic rings. The van der Waals surface area contributed by atoms with Crippen LogP contribution in [0.5, 0.6) is 5.88 Å². The monoisotopic (exact) mass is 162 g/mol. The minimum absolute atomic E-state index is 0.240. The molecule has 0 N–H and O–H groups in total. The standard InChI is InChI=1S/C8H6N2O2/c1-12-8-7(5-11)2-6(3-9)4-10-8/h2,4-5H,1H3. The first-order chi connectivity index (χ1) is 5.81. The van der Waals surface area contributed by atoms with Crippen molar-refractivity contribution in [1.82, 2.24) is 4.98 Å². The Morgan fingerprint density at radius 1 is 1.75 bits per heavy atom. The van der Waals surface area contributed by atoms with Gasteiger partial charge in [0.15, 0.2) is 6.29 Å². The first-order valence-electron chi connectivity index (χ1n) is 3.21. The van der Waals surface area contributed by atoms with Crippen LogP contribution < -0.4 is 4.74 Å². The molecule has 0 bridgehead atoms. The van der Waals surface area contributed by atoms with Crippen LogP contribution in [-0.2, 0) is 0 Å². The molecule has 0 atom stereocenters. The highest BCUT2D eigenvalue weighted by molar-refractivity contribution is 5.78. The van der Waals surface area contributed by atoms with Crippen molar-refractivity contribution in [3.63, 3.8) is 0 Å². The molecule has 60 valence electrons. The number of nitriles is 1. The highest BCUT2D eigenvalue weighted by Crippen LogP contribution is 2.12. The van der Waals surface area contributed by atoms with E-state index in [1.54, 1.807) is 0 Å². The lowest BCUT2D eigenvalue weighted by molar-refractivity contribution is 0.112. The summed E-state index contributed by atoms with van der Waals surface area (Å²) in [6, 6.07) is 3.31. The molecule has 0 radical (unpaired) electrons. The summed E-state index contributed by atoms with van der Waals surface area (Å²) in [5.74, 6) is 0.240. The molecule has 4 heteroatoms. The number of pyridine rings is 1. The molecule has 1 aromatic heterocycles. The second-order valence-corrected chi connectivity index (χ2v) is 2.05. The third-order valence-electron chi connectivity index (χ3n) is 1.33. The predicted molar refractivity (Wildman–Crippen MR) is 40.9 cm³/mol. The molecule has 0 aliphatic carbocycles. The largest absolute Gasteiger partial charge is 0.480 e. The van der Waals surface area contributed by atoms with E-state index < -0.39 is 0 Å². The van der Waals surface area contributed by atoms with Gasteiger partial charge in [-0.3, -0.25) is 4.79 Å². The van der Waals surface area contributed by atoms with Crippen LogP contribution in [0.4, 0.5) is 0 Å². The zero-order valence-corrected chi connectivity index (χ0v) is 6.44. The average molecular weight is 162 g/mol. The molecule has 0 aromatic carbocycles. The topological polar surface area (TPSA) is 63.0 Å². The summed E-state index contributed by atoms with van der Waals surface area (Å²) in [5.41, 5.74) is 0.634. The molecular weight excluding hydrogens is 156 g/mol. The smallest absolute Gasteiger partial charge is 0.223 e. The first-order valence-corrected chi connectivity index (χ1v) is 3.21. The fraction of sp³-hybridized carbons (Fsp3) is 0.125. The van der Waals surface area contributed by atoms with E-state index in [1.807, 2.05) is 6.07 Å². The van der Waals surface area contributed by atoms with Crippen molar-refractivity contribution in [2.45, 2.75) is 0 Å². The van der Waals surface area contributed by atoms with E-state index in [0.29, 0.717) is 11.8 Å². The van der Waals surface area contributed by atoms with E-state index in [2.05, 4.69) is 4.98 Å². The zero-order chi connectivity index (χ0) is 8.97. The van der Waals surface area contributed by atoms with Crippen molar-refractivity contribution >= 4 is 6.29 Å². The Labute approximate surface area is 69.4 Å². The van der Waals surface area contributed by atoms with Crippen molar-refractivity contribution in [2.24, 2.45) is 0 Å².